The van der Waals surface area contributed by atoms with Crippen molar-refractivity contribution < 1.29 is 9.59 Å². The summed E-state index contributed by atoms with van der Waals surface area (Å²) in [6.45, 7) is 5.27. The summed E-state index contributed by atoms with van der Waals surface area (Å²) < 4.78 is 0. The molecule has 1 rings (SSSR count). The summed E-state index contributed by atoms with van der Waals surface area (Å²) in [6, 6.07) is -1.24. The number of nitrogens with zero attached hydrogens (tertiary/aromatic N) is 1. The lowest BCUT2D eigenvalue weighted by Gasteiger charge is -2.39. The molecule has 3 unspecified atom stereocenters. The second-order valence-electron chi connectivity index (χ2n) is 3.74. The van der Waals surface area contributed by atoms with Crippen molar-refractivity contribution in [1.82, 2.24) is 10.2 Å². The SMILES string of the molecule is C#CC(CC)N1C(=O)C(C)NC(=O)C1C. The molecule has 1 heterocycles. The Kier molecular flexibility index (Phi) is 3.35. The molecule has 1 aliphatic heterocycles. The first kappa shape index (κ1) is 11.6. The number of terminal acetylenes is 1. The molecule has 4 nitrogen and oxygen atoms in total. The van der Waals surface area contributed by atoms with Crippen LogP contribution in [0.5, 0.6) is 0 Å². The van der Waals surface area contributed by atoms with Gasteiger partial charge in [0, 0.05) is 0 Å². The minimum absolute atomic E-state index is 0.105. The molecular weight excluding hydrogens is 192 g/mol. The first-order chi connectivity index (χ1) is 7.02. The van der Waals surface area contributed by atoms with Crippen molar-refractivity contribution in [1.29, 1.82) is 0 Å². The quantitative estimate of drug-likeness (QED) is 0.656. The zero-order chi connectivity index (χ0) is 11.6. The van der Waals surface area contributed by atoms with E-state index in [4.69, 9.17) is 6.42 Å². The molecule has 2 amide bonds. The molecule has 4 heteroatoms. The fourth-order valence-corrected chi connectivity index (χ4v) is 1.75. The van der Waals surface area contributed by atoms with E-state index in [0.717, 1.165) is 0 Å². The van der Waals surface area contributed by atoms with Gasteiger partial charge in [-0.3, -0.25) is 9.59 Å². The number of rotatable bonds is 2. The van der Waals surface area contributed by atoms with E-state index >= 15 is 0 Å². The molecule has 3 atom stereocenters. The van der Waals surface area contributed by atoms with Gasteiger partial charge in [0.25, 0.3) is 0 Å². The number of hydrogen-bond acceptors (Lipinski definition) is 2. The van der Waals surface area contributed by atoms with Crippen LogP contribution in [0.1, 0.15) is 27.2 Å². The molecule has 1 aliphatic rings. The van der Waals surface area contributed by atoms with Gasteiger partial charge in [-0.15, -0.1) is 6.42 Å². The molecule has 0 aliphatic carbocycles. The topological polar surface area (TPSA) is 49.4 Å². The van der Waals surface area contributed by atoms with Crippen molar-refractivity contribution in [3.63, 3.8) is 0 Å². The largest absolute Gasteiger partial charge is 0.343 e. The number of nitrogens with one attached hydrogen (secondary N) is 1. The number of piperazine rings is 1. The van der Waals surface area contributed by atoms with Crippen LogP contribution in [0.3, 0.4) is 0 Å². The summed E-state index contributed by atoms with van der Waals surface area (Å²) in [4.78, 5) is 24.9. The van der Waals surface area contributed by atoms with Crippen LogP contribution < -0.4 is 5.32 Å². The third-order valence-corrected chi connectivity index (χ3v) is 2.70. The highest BCUT2D eigenvalue weighted by molar-refractivity contribution is 5.96. The zero-order valence-corrected chi connectivity index (χ0v) is 9.28. The Morgan fingerprint density at radius 2 is 2.13 bits per heavy atom. The monoisotopic (exact) mass is 208 g/mol. The van der Waals surface area contributed by atoms with Crippen molar-refractivity contribution in [2.24, 2.45) is 0 Å². The first-order valence-corrected chi connectivity index (χ1v) is 5.11. The Balaban J connectivity index is 2.97. The summed E-state index contributed by atoms with van der Waals surface area (Å²) in [6.07, 6.45) is 6.01. The molecule has 0 radical (unpaired) electrons. The first-order valence-electron chi connectivity index (χ1n) is 5.11. The van der Waals surface area contributed by atoms with Crippen molar-refractivity contribution >= 4 is 11.8 Å². The average Bonchev–Trinajstić information content (AvgIpc) is 2.21. The highest BCUT2D eigenvalue weighted by atomic mass is 16.2. The molecule has 0 bridgehead atoms. The maximum absolute atomic E-state index is 11.9. The lowest BCUT2D eigenvalue weighted by atomic mass is 10.0. The van der Waals surface area contributed by atoms with Crippen molar-refractivity contribution in [3.05, 3.63) is 0 Å². The smallest absolute Gasteiger partial charge is 0.246 e. The van der Waals surface area contributed by atoms with E-state index in [1.54, 1.807) is 13.8 Å². The molecule has 0 aromatic carbocycles. The minimum atomic E-state index is -0.477. The standard InChI is InChI=1S/C11H16N2O2/c1-5-9(6-2)13-8(4)10(14)12-7(3)11(13)15/h1,7-9H,6H2,2-4H3,(H,12,14). The molecule has 82 valence electrons. The van der Waals surface area contributed by atoms with Gasteiger partial charge in [-0.05, 0) is 20.3 Å². The summed E-state index contributed by atoms with van der Waals surface area (Å²) in [5.74, 6) is 2.30. The molecule has 1 fully saturated rings. The van der Waals surface area contributed by atoms with Gasteiger partial charge >= 0.3 is 0 Å². The number of amides is 2. The number of carbonyl (C=O) groups excluding carboxylic acids is 2. The van der Waals surface area contributed by atoms with Crippen LogP contribution in [-0.4, -0.2) is 34.8 Å². The van der Waals surface area contributed by atoms with Crippen molar-refractivity contribution in [2.75, 3.05) is 0 Å². The van der Waals surface area contributed by atoms with Crippen LogP contribution >= 0.6 is 0 Å². The van der Waals surface area contributed by atoms with Crippen molar-refractivity contribution in [3.8, 4) is 12.3 Å². The normalized spacial score (nSPS) is 28.3. The van der Waals surface area contributed by atoms with Crippen LogP contribution in [0.25, 0.3) is 0 Å². The molecule has 1 saturated heterocycles. The Hall–Kier alpha value is -1.50. The summed E-state index contributed by atoms with van der Waals surface area (Å²) in [5.41, 5.74) is 0. The Morgan fingerprint density at radius 1 is 1.53 bits per heavy atom. The van der Waals surface area contributed by atoms with Gasteiger partial charge in [-0.2, -0.15) is 0 Å². The van der Waals surface area contributed by atoms with E-state index in [-0.39, 0.29) is 17.9 Å². The van der Waals surface area contributed by atoms with E-state index in [0.29, 0.717) is 6.42 Å². The fraction of sp³-hybridized carbons (Fsp3) is 0.636. The molecule has 1 N–H and O–H groups in total. The van der Waals surface area contributed by atoms with E-state index < -0.39 is 12.1 Å². The molecule has 0 aromatic rings. The van der Waals surface area contributed by atoms with Gasteiger partial charge in [0.2, 0.25) is 11.8 Å². The highest BCUT2D eigenvalue weighted by Gasteiger charge is 2.38. The third kappa shape index (κ3) is 1.96. The highest BCUT2D eigenvalue weighted by Crippen LogP contribution is 2.15. The van der Waals surface area contributed by atoms with Crippen LogP contribution in [0.4, 0.5) is 0 Å². The molecule has 0 aromatic heterocycles. The van der Waals surface area contributed by atoms with Crippen LogP contribution in [0.2, 0.25) is 0 Å². The van der Waals surface area contributed by atoms with E-state index in [2.05, 4.69) is 11.2 Å². The van der Waals surface area contributed by atoms with Gasteiger partial charge in [0.1, 0.15) is 12.1 Å². The van der Waals surface area contributed by atoms with Gasteiger partial charge in [0.05, 0.1) is 6.04 Å². The Morgan fingerprint density at radius 3 is 2.60 bits per heavy atom. The number of hydrogen-bond donors (Lipinski definition) is 1. The maximum Gasteiger partial charge on any atom is 0.246 e. The van der Waals surface area contributed by atoms with Crippen LogP contribution in [0, 0.1) is 12.3 Å². The fourth-order valence-electron chi connectivity index (χ4n) is 1.75. The predicted molar refractivity (Wildman–Crippen MR) is 56.8 cm³/mol. The van der Waals surface area contributed by atoms with Crippen LogP contribution in [0.15, 0.2) is 0 Å². The van der Waals surface area contributed by atoms with E-state index in [1.807, 2.05) is 6.92 Å². The van der Waals surface area contributed by atoms with Gasteiger partial charge < -0.3 is 10.2 Å². The van der Waals surface area contributed by atoms with Gasteiger partial charge in [-0.1, -0.05) is 12.8 Å². The van der Waals surface area contributed by atoms with Crippen molar-refractivity contribution in [2.45, 2.75) is 45.3 Å². The maximum atomic E-state index is 11.9. The molecule has 0 saturated carbocycles. The molecule has 15 heavy (non-hydrogen) atoms. The minimum Gasteiger partial charge on any atom is -0.343 e. The van der Waals surface area contributed by atoms with Gasteiger partial charge in [-0.25, -0.2) is 0 Å². The Bertz CT molecular complexity index is 319. The lowest BCUT2D eigenvalue weighted by molar-refractivity contribution is -0.149. The van der Waals surface area contributed by atoms with E-state index in [1.165, 1.54) is 4.90 Å². The third-order valence-electron chi connectivity index (χ3n) is 2.70. The average molecular weight is 208 g/mol. The zero-order valence-electron chi connectivity index (χ0n) is 9.28. The van der Waals surface area contributed by atoms with Crippen LogP contribution in [-0.2, 0) is 9.59 Å². The summed E-state index contributed by atoms with van der Waals surface area (Å²) in [5, 5.41) is 2.61. The second-order valence-corrected chi connectivity index (χ2v) is 3.74. The second kappa shape index (κ2) is 4.35. The lowest BCUT2D eigenvalue weighted by Crippen LogP contribution is -2.63. The van der Waals surface area contributed by atoms with Gasteiger partial charge in [0.15, 0.2) is 0 Å². The summed E-state index contributed by atoms with van der Waals surface area (Å²) in [7, 11) is 0. The molecular formula is C11H16N2O2. The molecule has 0 spiro atoms. The predicted octanol–water partition coefficient (Wildman–Crippen LogP) is 0.134. The Labute approximate surface area is 90.0 Å². The summed E-state index contributed by atoms with van der Waals surface area (Å²) >= 11 is 0. The number of carbonyl (C=O) groups is 2. The van der Waals surface area contributed by atoms with E-state index in [9.17, 15) is 9.59 Å².